The van der Waals surface area contributed by atoms with Gasteiger partial charge in [-0.3, -0.25) is 14.6 Å². The van der Waals surface area contributed by atoms with Gasteiger partial charge >= 0.3 is 12.1 Å². The predicted octanol–water partition coefficient (Wildman–Crippen LogP) is 4.13. The number of rotatable bonds is 7. The van der Waals surface area contributed by atoms with E-state index < -0.39 is 35.1 Å². The lowest BCUT2D eigenvalue weighted by molar-refractivity contribution is -0.137. The van der Waals surface area contributed by atoms with Gasteiger partial charge in [-0.1, -0.05) is 42.5 Å². The molecule has 186 valence electrons. The number of amides is 2. The highest BCUT2D eigenvalue weighted by molar-refractivity contribution is 6.00. The summed E-state index contributed by atoms with van der Waals surface area (Å²) >= 11 is 0. The minimum absolute atomic E-state index is 0.181. The Morgan fingerprint density at radius 2 is 1.72 bits per heavy atom. The standard InChI is InChI=1S/C26H22F3N3O4/c1-36-23(34)21-5-3-2-4-20(21)17-8-6-16(7-9-17)13-31-24(35)25(10-11-25)32-22(33)18-12-19(15-30-14-18)26(27,28)29/h2-9,12,14-15H,10-11,13H2,1H3,(H,31,35)(H,32,33). The van der Waals surface area contributed by atoms with Gasteiger partial charge in [0.1, 0.15) is 5.54 Å². The van der Waals surface area contributed by atoms with Gasteiger partial charge in [-0.25, -0.2) is 4.79 Å². The molecule has 0 saturated heterocycles. The summed E-state index contributed by atoms with van der Waals surface area (Å²) in [6, 6.07) is 15.0. The molecule has 2 amide bonds. The van der Waals surface area contributed by atoms with Crippen molar-refractivity contribution in [1.82, 2.24) is 15.6 Å². The van der Waals surface area contributed by atoms with Gasteiger partial charge < -0.3 is 15.4 Å². The Kier molecular flexibility index (Phi) is 6.78. The Balaban J connectivity index is 1.38. The lowest BCUT2D eigenvalue weighted by atomic mass is 9.98. The summed E-state index contributed by atoms with van der Waals surface area (Å²) in [5.41, 5.74) is 0.254. The maximum atomic E-state index is 12.9. The maximum Gasteiger partial charge on any atom is 0.417 e. The van der Waals surface area contributed by atoms with Crippen molar-refractivity contribution in [2.24, 2.45) is 0 Å². The third-order valence-corrected chi connectivity index (χ3v) is 5.92. The average Bonchev–Trinajstić information content (AvgIpc) is 3.67. The molecule has 1 heterocycles. The van der Waals surface area contributed by atoms with Crippen LogP contribution in [-0.2, 0) is 22.3 Å². The molecular formula is C26H22F3N3O4. The molecule has 0 atom stereocenters. The number of carbonyl (C=O) groups is 3. The van der Waals surface area contributed by atoms with Gasteiger partial charge in [0.2, 0.25) is 5.91 Å². The van der Waals surface area contributed by atoms with E-state index in [0.29, 0.717) is 36.2 Å². The van der Waals surface area contributed by atoms with Crippen molar-refractivity contribution in [3.8, 4) is 11.1 Å². The number of ether oxygens (including phenoxy) is 1. The van der Waals surface area contributed by atoms with Crippen LogP contribution in [0, 0.1) is 0 Å². The van der Waals surface area contributed by atoms with Crippen LogP contribution in [0.1, 0.15) is 44.7 Å². The zero-order valence-corrected chi connectivity index (χ0v) is 19.2. The fourth-order valence-corrected chi connectivity index (χ4v) is 3.72. The molecule has 1 aromatic heterocycles. The Labute approximate surface area is 204 Å². The van der Waals surface area contributed by atoms with Gasteiger partial charge in [-0.2, -0.15) is 13.2 Å². The van der Waals surface area contributed by atoms with Crippen molar-refractivity contribution >= 4 is 17.8 Å². The maximum absolute atomic E-state index is 12.9. The molecule has 10 heteroatoms. The number of methoxy groups -OCH3 is 1. The zero-order chi connectivity index (χ0) is 25.9. The molecule has 0 bridgehead atoms. The highest BCUT2D eigenvalue weighted by Crippen LogP contribution is 2.36. The SMILES string of the molecule is COC(=O)c1ccccc1-c1ccc(CNC(=O)C2(NC(=O)c3cncc(C(F)(F)F)c3)CC2)cc1. The summed E-state index contributed by atoms with van der Waals surface area (Å²) in [7, 11) is 1.32. The van der Waals surface area contributed by atoms with Crippen LogP contribution in [0.15, 0.2) is 67.0 Å². The topological polar surface area (TPSA) is 97.4 Å². The third kappa shape index (κ3) is 5.37. The van der Waals surface area contributed by atoms with E-state index in [2.05, 4.69) is 15.6 Å². The van der Waals surface area contributed by atoms with E-state index >= 15 is 0 Å². The first-order chi connectivity index (χ1) is 17.1. The Bertz CT molecular complexity index is 1300. The number of nitrogens with zero attached hydrogens (tertiary/aromatic N) is 1. The molecule has 0 aliphatic heterocycles. The normalized spacial score (nSPS) is 14.0. The number of nitrogens with one attached hydrogen (secondary N) is 2. The van der Waals surface area contributed by atoms with E-state index in [9.17, 15) is 27.6 Å². The molecule has 1 aliphatic rings. The molecule has 2 aromatic carbocycles. The monoisotopic (exact) mass is 497 g/mol. The van der Waals surface area contributed by atoms with E-state index in [0.717, 1.165) is 17.3 Å². The van der Waals surface area contributed by atoms with E-state index in [1.165, 1.54) is 7.11 Å². The van der Waals surface area contributed by atoms with E-state index in [1.807, 2.05) is 24.3 Å². The van der Waals surface area contributed by atoms with Gasteiger partial charge in [-0.15, -0.1) is 0 Å². The fourth-order valence-electron chi connectivity index (χ4n) is 3.72. The molecule has 1 saturated carbocycles. The molecule has 1 aliphatic carbocycles. The van der Waals surface area contributed by atoms with Gasteiger partial charge in [0, 0.05) is 18.9 Å². The quantitative estimate of drug-likeness (QED) is 0.479. The van der Waals surface area contributed by atoms with Crippen LogP contribution in [0.25, 0.3) is 11.1 Å². The van der Waals surface area contributed by atoms with Crippen LogP contribution in [0.5, 0.6) is 0 Å². The molecule has 0 spiro atoms. The summed E-state index contributed by atoms with van der Waals surface area (Å²) in [6.45, 7) is 0.181. The number of esters is 1. The lowest BCUT2D eigenvalue weighted by Gasteiger charge is -2.18. The number of hydrogen-bond donors (Lipinski definition) is 2. The van der Waals surface area contributed by atoms with Crippen molar-refractivity contribution < 1.29 is 32.3 Å². The van der Waals surface area contributed by atoms with Crippen molar-refractivity contribution in [2.45, 2.75) is 31.1 Å². The number of carbonyl (C=O) groups excluding carboxylic acids is 3. The molecule has 0 radical (unpaired) electrons. The highest BCUT2D eigenvalue weighted by atomic mass is 19.4. The lowest BCUT2D eigenvalue weighted by Crippen LogP contribution is -2.48. The number of aromatic nitrogens is 1. The van der Waals surface area contributed by atoms with Crippen molar-refractivity contribution in [2.75, 3.05) is 7.11 Å². The Morgan fingerprint density at radius 3 is 2.36 bits per heavy atom. The predicted molar refractivity (Wildman–Crippen MR) is 124 cm³/mol. The average molecular weight is 497 g/mol. The van der Waals surface area contributed by atoms with Crippen LogP contribution >= 0.6 is 0 Å². The van der Waals surface area contributed by atoms with Crippen LogP contribution < -0.4 is 10.6 Å². The first-order valence-electron chi connectivity index (χ1n) is 11.0. The summed E-state index contributed by atoms with van der Waals surface area (Å²) < 4.78 is 43.6. The van der Waals surface area contributed by atoms with Gasteiger partial charge in [0.05, 0.1) is 23.8 Å². The van der Waals surface area contributed by atoms with Crippen molar-refractivity contribution in [3.05, 3.63) is 89.2 Å². The number of pyridine rings is 1. The summed E-state index contributed by atoms with van der Waals surface area (Å²) in [5.74, 6) is -1.66. The minimum atomic E-state index is -4.63. The van der Waals surface area contributed by atoms with Crippen molar-refractivity contribution in [1.29, 1.82) is 0 Å². The molecule has 36 heavy (non-hydrogen) atoms. The zero-order valence-electron chi connectivity index (χ0n) is 19.2. The number of halogens is 3. The van der Waals surface area contributed by atoms with Gasteiger partial charge in [0.25, 0.3) is 5.91 Å². The first kappa shape index (κ1) is 24.9. The fraction of sp³-hybridized carbons (Fsp3) is 0.231. The Morgan fingerprint density at radius 1 is 1.03 bits per heavy atom. The molecule has 2 N–H and O–H groups in total. The van der Waals surface area contributed by atoms with Gasteiger partial charge in [0.15, 0.2) is 0 Å². The summed E-state index contributed by atoms with van der Waals surface area (Å²) in [4.78, 5) is 40.8. The second-order valence-electron chi connectivity index (χ2n) is 8.41. The molecular weight excluding hydrogens is 475 g/mol. The van der Waals surface area contributed by atoms with Gasteiger partial charge in [-0.05, 0) is 41.7 Å². The summed E-state index contributed by atoms with van der Waals surface area (Å²) in [5, 5.41) is 5.32. The Hall–Kier alpha value is -4.21. The van der Waals surface area contributed by atoms with E-state index in [1.54, 1.807) is 24.3 Å². The second-order valence-corrected chi connectivity index (χ2v) is 8.41. The molecule has 7 nitrogen and oxygen atoms in total. The van der Waals surface area contributed by atoms with Crippen LogP contribution in [0.4, 0.5) is 13.2 Å². The van der Waals surface area contributed by atoms with E-state index in [-0.39, 0.29) is 12.1 Å². The number of alkyl halides is 3. The minimum Gasteiger partial charge on any atom is -0.465 e. The van der Waals surface area contributed by atoms with E-state index in [4.69, 9.17) is 4.74 Å². The largest absolute Gasteiger partial charge is 0.465 e. The highest BCUT2D eigenvalue weighted by Gasteiger charge is 2.51. The molecule has 0 unspecified atom stereocenters. The van der Waals surface area contributed by atoms with Crippen LogP contribution in [-0.4, -0.2) is 35.4 Å². The first-order valence-corrected chi connectivity index (χ1v) is 11.0. The third-order valence-electron chi connectivity index (χ3n) is 5.92. The smallest absolute Gasteiger partial charge is 0.417 e. The summed E-state index contributed by atoms with van der Waals surface area (Å²) in [6.07, 6.45) is -2.22. The number of hydrogen-bond acceptors (Lipinski definition) is 5. The molecule has 1 fully saturated rings. The second kappa shape index (κ2) is 9.80. The number of benzene rings is 2. The van der Waals surface area contributed by atoms with Crippen molar-refractivity contribution in [3.63, 3.8) is 0 Å². The van der Waals surface area contributed by atoms with Crippen LogP contribution in [0.3, 0.4) is 0 Å². The molecule has 4 rings (SSSR count). The van der Waals surface area contributed by atoms with Crippen LogP contribution in [0.2, 0.25) is 0 Å². The molecule has 3 aromatic rings.